The molecule has 2 N–H and O–H groups in total. The highest BCUT2D eigenvalue weighted by atomic mass is 16.5. The number of hydrogen-bond donors (Lipinski definition) is 1. The maximum atomic E-state index is 6.15. The number of benzene rings is 1. The van der Waals surface area contributed by atoms with Crippen LogP contribution in [-0.2, 0) is 9.47 Å². The second-order valence-corrected chi connectivity index (χ2v) is 4.36. The van der Waals surface area contributed by atoms with Gasteiger partial charge in [0, 0.05) is 19.8 Å². The summed E-state index contributed by atoms with van der Waals surface area (Å²) in [5.41, 5.74) is 9.89. The highest BCUT2D eigenvalue weighted by molar-refractivity contribution is 5.32. The van der Waals surface area contributed by atoms with Gasteiger partial charge in [-0.25, -0.2) is 0 Å². The van der Waals surface area contributed by atoms with Crippen LogP contribution in [0.2, 0.25) is 0 Å². The molecule has 0 aliphatic carbocycles. The first-order valence-electron chi connectivity index (χ1n) is 6.04. The lowest BCUT2D eigenvalue weighted by Crippen LogP contribution is -2.15. The maximum absolute atomic E-state index is 6.15. The van der Waals surface area contributed by atoms with Crippen molar-refractivity contribution in [3.05, 3.63) is 34.9 Å². The van der Waals surface area contributed by atoms with Gasteiger partial charge in [-0.05, 0) is 31.4 Å². The lowest BCUT2D eigenvalue weighted by molar-refractivity contribution is 0.0672. The van der Waals surface area contributed by atoms with E-state index in [0.29, 0.717) is 19.8 Å². The summed E-state index contributed by atoms with van der Waals surface area (Å²) in [4.78, 5) is 0. The fraction of sp³-hybridized carbons (Fsp3) is 0.571. The van der Waals surface area contributed by atoms with Crippen molar-refractivity contribution in [1.29, 1.82) is 0 Å². The number of methoxy groups -OCH3 is 1. The van der Waals surface area contributed by atoms with Crippen molar-refractivity contribution in [2.24, 2.45) is 5.73 Å². The SMILES string of the molecule is COCCOCCC(N)c1ccc(C)cc1C. The zero-order valence-corrected chi connectivity index (χ0v) is 11.0. The minimum atomic E-state index is 0.0538. The Hall–Kier alpha value is -0.900. The predicted octanol–water partition coefficient (Wildman–Crippen LogP) is 2.36. The van der Waals surface area contributed by atoms with Crippen LogP contribution in [-0.4, -0.2) is 26.9 Å². The molecule has 0 aliphatic rings. The minimum Gasteiger partial charge on any atom is -0.382 e. The molecule has 3 nitrogen and oxygen atoms in total. The number of aryl methyl sites for hydroxylation is 2. The van der Waals surface area contributed by atoms with Gasteiger partial charge >= 0.3 is 0 Å². The van der Waals surface area contributed by atoms with Gasteiger partial charge in [0.25, 0.3) is 0 Å². The van der Waals surface area contributed by atoms with Gasteiger partial charge in [0.1, 0.15) is 0 Å². The van der Waals surface area contributed by atoms with Crippen LogP contribution in [0.3, 0.4) is 0 Å². The Morgan fingerprint density at radius 1 is 1.18 bits per heavy atom. The van der Waals surface area contributed by atoms with E-state index < -0.39 is 0 Å². The molecular weight excluding hydrogens is 214 g/mol. The average molecular weight is 237 g/mol. The largest absolute Gasteiger partial charge is 0.382 e. The van der Waals surface area contributed by atoms with Gasteiger partial charge in [-0.2, -0.15) is 0 Å². The van der Waals surface area contributed by atoms with Gasteiger partial charge in [0.05, 0.1) is 13.2 Å². The van der Waals surface area contributed by atoms with E-state index in [9.17, 15) is 0 Å². The zero-order valence-electron chi connectivity index (χ0n) is 11.0. The van der Waals surface area contributed by atoms with Crippen LogP contribution in [0.4, 0.5) is 0 Å². The maximum Gasteiger partial charge on any atom is 0.0700 e. The van der Waals surface area contributed by atoms with Crippen molar-refractivity contribution in [2.45, 2.75) is 26.3 Å². The smallest absolute Gasteiger partial charge is 0.0700 e. The van der Waals surface area contributed by atoms with E-state index in [-0.39, 0.29) is 6.04 Å². The monoisotopic (exact) mass is 237 g/mol. The van der Waals surface area contributed by atoms with Crippen molar-refractivity contribution in [1.82, 2.24) is 0 Å². The molecule has 0 radical (unpaired) electrons. The van der Waals surface area contributed by atoms with Crippen LogP contribution >= 0.6 is 0 Å². The quantitative estimate of drug-likeness (QED) is 0.740. The molecular formula is C14H23NO2. The zero-order chi connectivity index (χ0) is 12.7. The highest BCUT2D eigenvalue weighted by Gasteiger charge is 2.08. The third-order valence-electron chi connectivity index (χ3n) is 2.83. The van der Waals surface area contributed by atoms with Gasteiger partial charge in [0.2, 0.25) is 0 Å². The number of ether oxygens (including phenoxy) is 2. The molecule has 96 valence electrons. The number of rotatable bonds is 7. The topological polar surface area (TPSA) is 44.5 Å². The van der Waals surface area contributed by atoms with E-state index in [1.54, 1.807) is 7.11 Å². The summed E-state index contributed by atoms with van der Waals surface area (Å²) in [6.07, 6.45) is 0.841. The number of nitrogens with two attached hydrogens (primary N) is 1. The van der Waals surface area contributed by atoms with Gasteiger partial charge < -0.3 is 15.2 Å². The molecule has 0 bridgehead atoms. The van der Waals surface area contributed by atoms with Crippen LogP contribution in [0.15, 0.2) is 18.2 Å². The lowest BCUT2D eigenvalue weighted by Gasteiger charge is -2.15. The summed E-state index contributed by atoms with van der Waals surface area (Å²) >= 11 is 0. The van der Waals surface area contributed by atoms with Crippen LogP contribution in [0.5, 0.6) is 0 Å². The Kier molecular flexibility index (Phi) is 6.19. The molecule has 0 spiro atoms. The Balaban J connectivity index is 2.38. The average Bonchev–Trinajstić information content (AvgIpc) is 2.28. The van der Waals surface area contributed by atoms with E-state index in [1.165, 1.54) is 16.7 Å². The molecule has 1 rings (SSSR count). The van der Waals surface area contributed by atoms with Crippen LogP contribution in [0.1, 0.15) is 29.2 Å². The molecule has 1 aromatic rings. The van der Waals surface area contributed by atoms with Gasteiger partial charge in [-0.15, -0.1) is 0 Å². The first-order valence-corrected chi connectivity index (χ1v) is 6.04. The molecule has 1 atom stereocenters. The normalized spacial score (nSPS) is 12.7. The minimum absolute atomic E-state index is 0.0538. The van der Waals surface area contributed by atoms with Gasteiger partial charge in [-0.3, -0.25) is 0 Å². The van der Waals surface area contributed by atoms with Crippen molar-refractivity contribution in [2.75, 3.05) is 26.9 Å². The molecule has 0 heterocycles. The lowest BCUT2D eigenvalue weighted by atomic mass is 9.98. The van der Waals surface area contributed by atoms with Gasteiger partial charge in [-0.1, -0.05) is 23.8 Å². The van der Waals surface area contributed by atoms with Crippen LogP contribution in [0, 0.1) is 13.8 Å². The molecule has 17 heavy (non-hydrogen) atoms. The number of hydrogen-bond acceptors (Lipinski definition) is 3. The molecule has 0 aromatic heterocycles. The molecule has 1 unspecified atom stereocenters. The Bertz CT molecular complexity index is 339. The summed E-state index contributed by atoms with van der Waals surface area (Å²) in [7, 11) is 1.67. The molecule has 0 saturated carbocycles. The molecule has 0 saturated heterocycles. The Morgan fingerprint density at radius 2 is 1.94 bits per heavy atom. The molecule has 0 aliphatic heterocycles. The Labute approximate surface area is 104 Å². The summed E-state index contributed by atoms with van der Waals surface area (Å²) in [6, 6.07) is 6.44. The first-order chi connectivity index (χ1) is 8.15. The third-order valence-corrected chi connectivity index (χ3v) is 2.83. The second kappa shape index (κ2) is 7.43. The van der Waals surface area contributed by atoms with Crippen LogP contribution in [0.25, 0.3) is 0 Å². The second-order valence-electron chi connectivity index (χ2n) is 4.36. The predicted molar refractivity (Wildman–Crippen MR) is 70.2 cm³/mol. The molecule has 0 fully saturated rings. The fourth-order valence-corrected chi connectivity index (χ4v) is 1.85. The van der Waals surface area contributed by atoms with Crippen molar-refractivity contribution in [3.8, 4) is 0 Å². The Morgan fingerprint density at radius 3 is 2.59 bits per heavy atom. The fourth-order valence-electron chi connectivity index (χ4n) is 1.85. The van der Waals surface area contributed by atoms with Crippen molar-refractivity contribution in [3.63, 3.8) is 0 Å². The summed E-state index contributed by atoms with van der Waals surface area (Å²) < 4.78 is 10.3. The van der Waals surface area contributed by atoms with E-state index in [1.807, 2.05) is 0 Å². The van der Waals surface area contributed by atoms with Crippen molar-refractivity contribution < 1.29 is 9.47 Å². The standard InChI is InChI=1S/C14H23NO2/c1-11-4-5-13(12(2)10-11)14(15)6-7-17-9-8-16-3/h4-5,10,14H,6-9,15H2,1-3H3. The van der Waals surface area contributed by atoms with E-state index in [0.717, 1.165) is 6.42 Å². The molecule has 3 heteroatoms. The molecule has 1 aromatic carbocycles. The third kappa shape index (κ3) is 4.86. The summed E-state index contributed by atoms with van der Waals surface area (Å²) in [6.45, 7) is 6.15. The highest BCUT2D eigenvalue weighted by Crippen LogP contribution is 2.19. The molecule has 0 amide bonds. The van der Waals surface area contributed by atoms with Crippen LogP contribution < -0.4 is 5.73 Å². The van der Waals surface area contributed by atoms with E-state index in [2.05, 4.69) is 32.0 Å². The van der Waals surface area contributed by atoms with E-state index in [4.69, 9.17) is 15.2 Å². The van der Waals surface area contributed by atoms with Crippen molar-refractivity contribution >= 4 is 0 Å². The summed E-state index contributed by atoms with van der Waals surface area (Å²) in [5, 5.41) is 0. The summed E-state index contributed by atoms with van der Waals surface area (Å²) in [5.74, 6) is 0. The van der Waals surface area contributed by atoms with E-state index >= 15 is 0 Å². The first kappa shape index (κ1) is 14.2. The van der Waals surface area contributed by atoms with Gasteiger partial charge in [0.15, 0.2) is 0 Å².